The summed E-state index contributed by atoms with van der Waals surface area (Å²) in [5.74, 6) is -0.901. The first-order chi connectivity index (χ1) is 10.6. The maximum atomic E-state index is 11.9. The van der Waals surface area contributed by atoms with E-state index in [-0.39, 0.29) is 22.9 Å². The molecule has 7 nitrogen and oxygen atoms in total. The summed E-state index contributed by atoms with van der Waals surface area (Å²) in [6.07, 6.45) is 0. The lowest BCUT2D eigenvalue weighted by molar-refractivity contribution is 0.0600. The summed E-state index contributed by atoms with van der Waals surface area (Å²) in [5, 5.41) is 21.1. The predicted molar refractivity (Wildman–Crippen MR) is 77.3 cm³/mol. The van der Waals surface area contributed by atoms with Crippen LogP contribution in [0.15, 0.2) is 24.3 Å². The first-order valence-corrected chi connectivity index (χ1v) is 6.24. The van der Waals surface area contributed by atoms with E-state index in [2.05, 4.69) is 20.0 Å². The number of aryl methyl sites for hydroxylation is 1. The van der Waals surface area contributed by atoms with Crippen molar-refractivity contribution in [3.8, 4) is 12.1 Å². The fraction of sp³-hybridized carbons (Fsp3) is 0.133. The SMILES string of the molecule is COC(=O)c1c(C#N)nc(C#N)nc1Nc1ccccc1C. The Morgan fingerprint density at radius 1 is 1.23 bits per heavy atom. The first-order valence-electron chi connectivity index (χ1n) is 6.24. The maximum absolute atomic E-state index is 11.9. The van der Waals surface area contributed by atoms with Gasteiger partial charge in [0.05, 0.1) is 7.11 Å². The summed E-state index contributed by atoms with van der Waals surface area (Å²) in [6.45, 7) is 1.87. The van der Waals surface area contributed by atoms with Crippen molar-refractivity contribution >= 4 is 17.5 Å². The smallest absolute Gasteiger partial charge is 0.344 e. The molecule has 0 aliphatic heterocycles. The molecule has 0 aliphatic rings. The lowest BCUT2D eigenvalue weighted by Crippen LogP contribution is -2.13. The van der Waals surface area contributed by atoms with Crippen LogP contribution in [-0.2, 0) is 4.74 Å². The number of hydrogen-bond acceptors (Lipinski definition) is 7. The van der Waals surface area contributed by atoms with Gasteiger partial charge >= 0.3 is 5.97 Å². The van der Waals surface area contributed by atoms with E-state index < -0.39 is 5.97 Å². The molecule has 108 valence electrons. The molecule has 0 radical (unpaired) electrons. The number of hydrogen-bond donors (Lipinski definition) is 1. The normalized spacial score (nSPS) is 9.45. The molecule has 0 spiro atoms. The number of para-hydroxylation sites is 1. The van der Waals surface area contributed by atoms with Crippen LogP contribution in [0.4, 0.5) is 11.5 Å². The number of nitrogens with one attached hydrogen (secondary N) is 1. The van der Waals surface area contributed by atoms with Crippen molar-refractivity contribution < 1.29 is 9.53 Å². The summed E-state index contributed by atoms with van der Waals surface area (Å²) in [7, 11) is 1.19. The highest BCUT2D eigenvalue weighted by atomic mass is 16.5. The van der Waals surface area contributed by atoms with Gasteiger partial charge in [0.15, 0.2) is 11.5 Å². The molecule has 0 atom stereocenters. The van der Waals surface area contributed by atoms with Gasteiger partial charge in [-0.25, -0.2) is 14.8 Å². The van der Waals surface area contributed by atoms with E-state index in [0.717, 1.165) is 5.56 Å². The van der Waals surface area contributed by atoms with E-state index in [1.165, 1.54) is 7.11 Å². The second kappa shape index (κ2) is 6.33. The molecule has 0 saturated heterocycles. The molecule has 7 heteroatoms. The van der Waals surface area contributed by atoms with Crippen LogP contribution in [0.25, 0.3) is 0 Å². The Hall–Kier alpha value is -3.45. The number of anilines is 2. The van der Waals surface area contributed by atoms with Crippen molar-refractivity contribution in [2.45, 2.75) is 6.92 Å². The molecule has 2 rings (SSSR count). The van der Waals surface area contributed by atoms with Crippen LogP contribution in [0.1, 0.15) is 27.4 Å². The number of nitriles is 2. The minimum Gasteiger partial charge on any atom is -0.465 e. The highest BCUT2D eigenvalue weighted by Gasteiger charge is 2.22. The second-order valence-corrected chi connectivity index (χ2v) is 4.27. The van der Waals surface area contributed by atoms with Crippen molar-refractivity contribution in [3.05, 3.63) is 46.9 Å². The van der Waals surface area contributed by atoms with Crippen molar-refractivity contribution in [1.29, 1.82) is 10.5 Å². The first kappa shape index (κ1) is 14.9. The fourth-order valence-corrected chi connectivity index (χ4v) is 1.82. The standard InChI is InChI=1S/C15H11N5O2/c1-9-5-3-4-6-10(9)19-14-13(15(21)22-2)11(7-16)18-12(8-17)20-14/h3-6H,1-2H3,(H,18,19,20). The molecular weight excluding hydrogens is 282 g/mol. The van der Waals surface area contributed by atoms with Crippen LogP contribution in [0.3, 0.4) is 0 Å². The van der Waals surface area contributed by atoms with Crippen molar-refractivity contribution in [1.82, 2.24) is 9.97 Å². The number of methoxy groups -OCH3 is 1. The quantitative estimate of drug-likeness (QED) is 0.862. The van der Waals surface area contributed by atoms with Crippen LogP contribution in [0.2, 0.25) is 0 Å². The topological polar surface area (TPSA) is 112 Å². The number of rotatable bonds is 3. The van der Waals surface area contributed by atoms with E-state index in [9.17, 15) is 4.79 Å². The molecule has 1 aromatic carbocycles. The van der Waals surface area contributed by atoms with Gasteiger partial charge in [-0.2, -0.15) is 10.5 Å². The zero-order valence-electron chi connectivity index (χ0n) is 11.9. The summed E-state index contributed by atoms with van der Waals surface area (Å²) in [4.78, 5) is 19.6. The molecule has 0 saturated carbocycles. The van der Waals surface area contributed by atoms with Crippen molar-refractivity contribution in [2.75, 3.05) is 12.4 Å². The molecule has 0 unspecified atom stereocenters. The van der Waals surface area contributed by atoms with Gasteiger partial charge in [-0.15, -0.1) is 0 Å². The number of esters is 1. The predicted octanol–water partition coefficient (Wildman–Crippen LogP) is 2.06. The van der Waals surface area contributed by atoms with E-state index in [0.29, 0.717) is 5.69 Å². The number of aromatic nitrogens is 2. The molecule has 1 N–H and O–H groups in total. The van der Waals surface area contributed by atoms with Gasteiger partial charge in [-0.05, 0) is 18.6 Å². The van der Waals surface area contributed by atoms with Gasteiger partial charge in [0.25, 0.3) is 0 Å². The van der Waals surface area contributed by atoms with E-state index in [4.69, 9.17) is 10.5 Å². The van der Waals surface area contributed by atoms with Crippen LogP contribution >= 0.6 is 0 Å². The molecule has 1 heterocycles. The molecule has 2 aromatic rings. The lowest BCUT2D eigenvalue weighted by Gasteiger charge is -2.12. The Morgan fingerprint density at radius 3 is 2.55 bits per heavy atom. The third kappa shape index (κ3) is 2.84. The van der Waals surface area contributed by atoms with Crippen LogP contribution in [0, 0.1) is 29.6 Å². The van der Waals surface area contributed by atoms with Crippen LogP contribution < -0.4 is 5.32 Å². The molecule has 0 amide bonds. The third-order valence-electron chi connectivity index (χ3n) is 2.90. The van der Waals surface area contributed by atoms with E-state index in [1.807, 2.05) is 25.1 Å². The Bertz CT molecular complexity index is 818. The van der Waals surface area contributed by atoms with Crippen molar-refractivity contribution in [3.63, 3.8) is 0 Å². The maximum Gasteiger partial charge on any atom is 0.344 e. The summed E-state index contributed by atoms with van der Waals surface area (Å²) < 4.78 is 4.67. The monoisotopic (exact) mass is 293 g/mol. The van der Waals surface area contributed by atoms with Crippen LogP contribution in [-0.4, -0.2) is 23.0 Å². The molecular formula is C15H11N5O2. The molecule has 0 aliphatic carbocycles. The van der Waals surface area contributed by atoms with E-state index in [1.54, 1.807) is 18.2 Å². The Labute approximate surface area is 126 Å². The number of ether oxygens (including phenoxy) is 1. The minimum absolute atomic E-state index is 0.0595. The number of carbonyl (C=O) groups excluding carboxylic acids is 1. The summed E-state index contributed by atoms with van der Waals surface area (Å²) in [6, 6.07) is 10.9. The number of nitrogens with zero attached hydrogens (tertiary/aromatic N) is 4. The largest absolute Gasteiger partial charge is 0.465 e. The highest BCUT2D eigenvalue weighted by Crippen LogP contribution is 2.24. The molecule has 1 aromatic heterocycles. The van der Waals surface area contributed by atoms with Gasteiger partial charge < -0.3 is 10.1 Å². The van der Waals surface area contributed by atoms with Gasteiger partial charge in [0.1, 0.15) is 17.7 Å². The van der Waals surface area contributed by atoms with Gasteiger partial charge in [-0.1, -0.05) is 18.2 Å². The van der Waals surface area contributed by atoms with Gasteiger partial charge in [0.2, 0.25) is 5.82 Å². The fourth-order valence-electron chi connectivity index (χ4n) is 1.82. The molecule has 22 heavy (non-hydrogen) atoms. The minimum atomic E-state index is -0.753. The molecule has 0 bridgehead atoms. The summed E-state index contributed by atoms with van der Waals surface area (Å²) >= 11 is 0. The summed E-state index contributed by atoms with van der Waals surface area (Å²) in [5.41, 5.74) is 1.29. The molecule has 0 fully saturated rings. The zero-order valence-corrected chi connectivity index (χ0v) is 11.9. The Kier molecular flexibility index (Phi) is 4.30. The zero-order chi connectivity index (χ0) is 16.1. The lowest BCUT2D eigenvalue weighted by atomic mass is 10.1. The van der Waals surface area contributed by atoms with Crippen LogP contribution in [0.5, 0.6) is 0 Å². The number of carbonyl (C=O) groups is 1. The van der Waals surface area contributed by atoms with Gasteiger partial charge in [-0.3, -0.25) is 0 Å². The number of benzene rings is 1. The van der Waals surface area contributed by atoms with E-state index >= 15 is 0 Å². The third-order valence-corrected chi connectivity index (χ3v) is 2.90. The Morgan fingerprint density at radius 2 is 1.95 bits per heavy atom. The highest BCUT2D eigenvalue weighted by molar-refractivity contribution is 5.97. The van der Waals surface area contributed by atoms with Crippen molar-refractivity contribution in [2.24, 2.45) is 0 Å². The average Bonchev–Trinajstić information content (AvgIpc) is 2.55. The van der Waals surface area contributed by atoms with Gasteiger partial charge in [0, 0.05) is 5.69 Å². The second-order valence-electron chi connectivity index (χ2n) is 4.27. The Balaban J connectivity index is 2.63. The average molecular weight is 293 g/mol.